The molecule has 0 bridgehead atoms. The van der Waals surface area contributed by atoms with Crippen LogP contribution in [0.1, 0.15) is 30.6 Å². The zero-order chi connectivity index (χ0) is 14.4. The van der Waals surface area contributed by atoms with Gasteiger partial charge in [0.25, 0.3) is 0 Å². The molecule has 5 nitrogen and oxygen atoms in total. The van der Waals surface area contributed by atoms with E-state index in [1.165, 1.54) is 7.11 Å². The van der Waals surface area contributed by atoms with Crippen molar-refractivity contribution in [2.75, 3.05) is 24.3 Å². The third-order valence-electron chi connectivity index (χ3n) is 2.85. The number of esters is 1. The summed E-state index contributed by atoms with van der Waals surface area (Å²) < 4.78 is 4.78. The second-order valence-electron chi connectivity index (χ2n) is 4.43. The molecule has 0 fully saturated rings. The van der Waals surface area contributed by atoms with E-state index in [0.29, 0.717) is 29.9 Å². The maximum Gasteiger partial charge on any atom is 0.340 e. The van der Waals surface area contributed by atoms with Crippen LogP contribution in [0.4, 0.5) is 11.4 Å². The Labute approximate surface area is 113 Å². The summed E-state index contributed by atoms with van der Waals surface area (Å²) in [7, 11) is 1.34. The van der Waals surface area contributed by atoms with Crippen LogP contribution >= 0.6 is 0 Å². The molecule has 5 heteroatoms. The number of nitrogens with two attached hydrogens (primary N) is 1. The number of hydrogen-bond donors (Lipinski definition) is 1. The summed E-state index contributed by atoms with van der Waals surface area (Å²) in [6, 6.07) is 7.37. The first-order valence-electron chi connectivity index (χ1n) is 6.13. The van der Waals surface area contributed by atoms with Crippen LogP contribution in [0.25, 0.3) is 0 Å². The molecule has 0 aliphatic rings. The Morgan fingerprint density at radius 2 is 2.21 bits per heavy atom. The van der Waals surface area contributed by atoms with E-state index in [1.54, 1.807) is 18.2 Å². The van der Waals surface area contributed by atoms with Crippen molar-refractivity contribution in [2.24, 2.45) is 0 Å². The highest BCUT2D eigenvalue weighted by molar-refractivity contribution is 5.99. The number of benzene rings is 1. The van der Waals surface area contributed by atoms with Gasteiger partial charge in [0.05, 0.1) is 36.5 Å². The summed E-state index contributed by atoms with van der Waals surface area (Å²) in [5, 5.41) is 8.74. The number of nitrogens with zero attached hydrogens (tertiary/aromatic N) is 2. The average Bonchev–Trinajstić information content (AvgIpc) is 2.39. The topological polar surface area (TPSA) is 79.3 Å². The highest BCUT2D eigenvalue weighted by atomic mass is 16.5. The van der Waals surface area contributed by atoms with Crippen molar-refractivity contribution >= 4 is 17.3 Å². The first-order chi connectivity index (χ1) is 9.02. The molecule has 0 saturated carbocycles. The number of methoxy groups -OCH3 is 1. The Hall–Kier alpha value is -2.22. The zero-order valence-corrected chi connectivity index (χ0v) is 11.5. The molecular formula is C14H19N3O2. The van der Waals surface area contributed by atoms with E-state index in [1.807, 2.05) is 18.7 Å². The average molecular weight is 261 g/mol. The molecule has 1 aromatic rings. The summed E-state index contributed by atoms with van der Waals surface area (Å²) in [5.41, 5.74) is 7.56. The van der Waals surface area contributed by atoms with Crippen LogP contribution in [-0.2, 0) is 4.74 Å². The van der Waals surface area contributed by atoms with Gasteiger partial charge < -0.3 is 15.4 Å². The monoisotopic (exact) mass is 261 g/mol. The largest absolute Gasteiger partial charge is 0.465 e. The molecule has 0 unspecified atom stereocenters. The third-order valence-corrected chi connectivity index (χ3v) is 2.85. The van der Waals surface area contributed by atoms with Gasteiger partial charge in [-0.25, -0.2) is 4.79 Å². The summed E-state index contributed by atoms with van der Waals surface area (Å²) in [5.74, 6) is -0.426. The third kappa shape index (κ3) is 3.38. The number of carbonyl (C=O) groups is 1. The fourth-order valence-corrected chi connectivity index (χ4v) is 1.96. The van der Waals surface area contributed by atoms with Gasteiger partial charge in [-0.1, -0.05) is 6.07 Å². The van der Waals surface area contributed by atoms with E-state index in [2.05, 4.69) is 6.07 Å². The maximum absolute atomic E-state index is 11.8. The maximum atomic E-state index is 11.8. The second kappa shape index (κ2) is 6.64. The Balaban J connectivity index is 3.28. The number of hydrogen-bond acceptors (Lipinski definition) is 5. The lowest BCUT2D eigenvalue weighted by Crippen LogP contribution is -2.33. The van der Waals surface area contributed by atoms with E-state index in [4.69, 9.17) is 15.7 Å². The van der Waals surface area contributed by atoms with E-state index in [9.17, 15) is 4.79 Å². The van der Waals surface area contributed by atoms with Crippen molar-refractivity contribution in [3.63, 3.8) is 0 Å². The van der Waals surface area contributed by atoms with Gasteiger partial charge in [-0.2, -0.15) is 5.26 Å². The Bertz CT molecular complexity index is 492. The normalized spacial score (nSPS) is 10.1. The summed E-state index contributed by atoms with van der Waals surface area (Å²) in [6.45, 7) is 4.50. The van der Waals surface area contributed by atoms with Gasteiger partial charge in [-0.05, 0) is 26.0 Å². The van der Waals surface area contributed by atoms with Crippen LogP contribution in [-0.4, -0.2) is 25.7 Å². The molecule has 0 radical (unpaired) electrons. The van der Waals surface area contributed by atoms with Gasteiger partial charge in [-0.3, -0.25) is 0 Å². The van der Waals surface area contributed by atoms with Crippen molar-refractivity contribution in [3.8, 4) is 6.07 Å². The van der Waals surface area contributed by atoms with E-state index in [0.717, 1.165) is 0 Å². The van der Waals surface area contributed by atoms with Gasteiger partial charge in [0, 0.05) is 12.6 Å². The minimum atomic E-state index is -0.426. The number of nitrogen functional groups attached to an aromatic ring is 1. The molecule has 102 valence electrons. The highest BCUT2D eigenvalue weighted by Gasteiger charge is 2.21. The minimum absolute atomic E-state index is 0.126. The summed E-state index contributed by atoms with van der Waals surface area (Å²) in [6.07, 6.45) is 0.368. The van der Waals surface area contributed by atoms with E-state index < -0.39 is 5.97 Å². The lowest BCUT2D eigenvalue weighted by atomic mass is 10.1. The molecule has 0 aliphatic heterocycles. The van der Waals surface area contributed by atoms with Crippen molar-refractivity contribution in [3.05, 3.63) is 23.8 Å². The number of nitriles is 1. The SMILES string of the molecule is COC(=O)c1cccc(N)c1N(CCC#N)C(C)C. The predicted octanol–water partition coefficient (Wildman–Crippen LogP) is 2.18. The first-order valence-corrected chi connectivity index (χ1v) is 6.13. The van der Waals surface area contributed by atoms with Gasteiger partial charge in [0.15, 0.2) is 0 Å². The molecular weight excluding hydrogens is 242 g/mol. The van der Waals surface area contributed by atoms with Gasteiger partial charge in [0.1, 0.15) is 0 Å². The molecule has 0 spiro atoms. The molecule has 0 aliphatic carbocycles. The van der Waals surface area contributed by atoms with Crippen LogP contribution in [0.5, 0.6) is 0 Å². The molecule has 19 heavy (non-hydrogen) atoms. The number of carbonyl (C=O) groups excluding carboxylic acids is 1. The smallest absolute Gasteiger partial charge is 0.340 e. The zero-order valence-electron chi connectivity index (χ0n) is 11.5. The molecule has 1 rings (SSSR count). The molecule has 2 N–H and O–H groups in total. The van der Waals surface area contributed by atoms with E-state index >= 15 is 0 Å². The predicted molar refractivity (Wildman–Crippen MR) is 74.9 cm³/mol. The minimum Gasteiger partial charge on any atom is -0.465 e. The molecule has 0 atom stereocenters. The molecule has 0 aromatic heterocycles. The molecule has 1 aromatic carbocycles. The van der Waals surface area contributed by atoms with Crippen molar-refractivity contribution < 1.29 is 9.53 Å². The van der Waals surface area contributed by atoms with Crippen LogP contribution in [0.3, 0.4) is 0 Å². The van der Waals surface area contributed by atoms with Crippen LogP contribution in [0, 0.1) is 11.3 Å². The summed E-state index contributed by atoms with van der Waals surface area (Å²) in [4.78, 5) is 13.8. The number of anilines is 2. The lowest BCUT2D eigenvalue weighted by molar-refractivity contribution is 0.0601. The number of ether oxygens (including phenoxy) is 1. The van der Waals surface area contributed by atoms with Gasteiger partial charge >= 0.3 is 5.97 Å². The highest BCUT2D eigenvalue weighted by Crippen LogP contribution is 2.30. The lowest BCUT2D eigenvalue weighted by Gasteiger charge is -2.30. The quantitative estimate of drug-likeness (QED) is 0.649. The first kappa shape index (κ1) is 14.8. The molecule has 0 saturated heterocycles. The van der Waals surface area contributed by atoms with Crippen molar-refractivity contribution in [2.45, 2.75) is 26.3 Å². The standard InChI is InChI=1S/C14H19N3O2/c1-10(2)17(9-5-8-15)13-11(14(18)19-3)6-4-7-12(13)16/h4,6-7,10H,5,9,16H2,1-3H3. The summed E-state index contributed by atoms with van der Waals surface area (Å²) >= 11 is 0. The fraction of sp³-hybridized carbons (Fsp3) is 0.429. The van der Waals surface area contributed by atoms with Crippen LogP contribution < -0.4 is 10.6 Å². The van der Waals surface area contributed by atoms with Crippen molar-refractivity contribution in [1.82, 2.24) is 0 Å². The van der Waals surface area contributed by atoms with E-state index in [-0.39, 0.29) is 6.04 Å². The Morgan fingerprint density at radius 1 is 1.53 bits per heavy atom. The second-order valence-corrected chi connectivity index (χ2v) is 4.43. The number of para-hydroxylation sites is 1. The van der Waals surface area contributed by atoms with Crippen LogP contribution in [0.2, 0.25) is 0 Å². The van der Waals surface area contributed by atoms with Crippen molar-refractivity contribution in [1.29, 1.82) is 5.26 Å². The number of rotatable bonds is 5. The van der Waals surface area contributed by atoms with Gasteiger partial charge in [0.2, 0.25) is 0 Å². The fourth-order valence-electron chi connectivity index (χ4n) is 1.96. The van der Waals surface area contributed by atoms with Crippen LogP contribution in [0.15, 0.2) is 18.2 Å². The molecule has 0 heterocycles. The Kier molecular flexibility index (Phi) is 5.19. The molecule has 0 amide bonds. The van der Waals surface area contributed by atoms with Gasteiger partial charge in [-0.15, -0.1) is 0 Å². The Morgan fingerprint density at radius 3 is 2.74 bits per heavy atom.